The molecule has 0 fully saturated rings. The highest BCUT2D eigenvalue weighted by Crippen LogP contribution is 2.38. The summed E-state index contributed by atoms with van der Waals surface area (Å²) < 4.78 is 37.7. The van der Waals surface area contributed by atoms with E-state index in [-0.39, 0.29) is 17.6 Å². The number of halogens is 3. The van der Waals surface area contributed by atoms with Crippen LogP contribution in [0.1, 0.15) is 56.2 Å². The van der Waals surface area contributed by atoms with Crippen molar-refractivity contribution in [2.75, 3.05) is 0 Å². The molecule has 0 aliphatic rings. The van der Waals surface area contributed by atoms with Gasteiger partial charge in [-0.15, -0.1) is 0 Å². The quantitative estimate of drug-likeness (QED) is 0.589. The Morgan fingerprint density at radius 2 is 1.24 bits per heavy atom. The van der Waals surface area contributed by atoms with Gasteiger partial charge in [-0.3, -0.25) is 0 Å². The first kappa shape index (κ1) is 19.0. The van der Waals surface area contributed by atoms with E-state index in [1.807, 2.05) is 27.7 Å². The second-order valence-electron chi connectivity index (χ2n) is 6.53. The molecule has 2 rings (SSSR count). The van der Waals surface area contributed by atoms with Crippen molar-refractivity contribution in [3.8, 4) is 5.75 Å². The number of phenolic OH excluding ortho intramolecular Hbond substituents is 1. The average Bonchev–Trinajstić information content (AvgIpc) is 2.52. The van der Waals surface area contributed by atoms with E-state index >= 15 is 0 Å². The smallest absolute Gasteiger partial charge is 0.416 e. The number of hydrogen-bond acceptors (Lipinski definition) is 3. The van der Waals surface area contributed by atoms with Gasteiger partial charge < -0.3 is 5.11 Å². The number of aromatic hydroxyl groups is 1. The van der Waals surface area contributed by atoms with E-state index in [0.29, 0.717) is 11.4 Å². The molecule has 0 aliphatic heterocycles. The molecule has 0 saturated carbocycles. The molecular weight excluding hydrogens is 329 g/mol. The van der Waals surface area contributed by atoms with Gasteiger partial charge in [0.2, 0.25) is 0 Å². The monoisotopic (exact) mass is 350 g/mol. The number of nitrogens with zero attached hydrogens (tertiary/aromatic N) is 2. The Morgan fingerprint density at radius 1 is 0.800 bits per heavy atom. The third kappa shape index (κ3) is 4.59. The maximum absolute atomic E-state index is 12.6. The number of rotatable bonds is 4. The van der Waals surface area contributed by atoms with Crippen molar-refractivity contribution in [2.45, 2.75) is 45.7 Å². The summed E-state index contributed by atoms with van der Waals surface area (Å²) in [6.07, 6.45) is -4.37. The molecule has 0 bridgehead atoms. The molecule has 6 heteroatoms. The van der Waals surface area contributed by atoms with Crippen LogP contribution in [0.4, 0.5) is 24.5 Å². The Kier molecular flexibility index (Phi) is 5.50. The molecule has 0 radical (unpaired) electrons. The first-order chi connectivity index (χ1) is 11.6. The summed E-state index contributed by atoms with van der Waals surface area (Å²) in [6, 6.07) is 8.01. The highest BCUT2D eigenvalue weighted by atomic mass is 19.4. The van der Waals surface area contributed by atoms with E-state index in [2.05, 4.69) is 10.2 Å². The highest BCUT2D eigenvalue weighted by molar-refractivity contribution is 5.54. The van der Waals surface area contributed by atoms with Crippen molar-refractivity contribution >= 4 is 11.4 Å². The van der Waals surface area contributed by atoms with Crippen LogP contribution < -0.4 is 0 Å². The largest absolute Gasteiger partial charge is 0.507 e. The van der Waals surface area contributed by atoms with Crippen LogP contribution in [0.3, 0.4) is 0 Å². The van der Waals surface area contributed by atoms with Gasteiger partial charge in [0.25, 0.3) is 0 Å². The van der Waals surface area contributed by atoms with Gasteiger partial charge in [0, 0.05) is 0 Å². The predicted octanol–water partition coefficient (Wildman–Crippen LogP) is 7.07. The fraction of sp³-hybridized carbons (Fsp3) is 0.368. The van der Waals surface area contributed by atoms with Crippen LogP contribution >= 0.6 is 0 Å². The lowest BCUT2D eigenvalue weighted by Crippen LogP contribution is -2.03. The Bertz CT molecular complexity index is 734. The summed E-state index contributed by atoms with van der Waals surface area (Å²) in [5.41, 5.74) is 1.71. The van der Waals surface area contributed by atoms with Crippen molar-refractivity contribution in [1.29, 1.82) is 0 Å². The molecule has 1 N–H and O–H groups in total. The number of azo groups is 1. The van der Waals surface area contributed by atoms with Gasteiger partial charge in [0.15, 0.2) is 0 Å². The Morgan fingerprint density at radius 3 is 1.64 bits per heavy atom. The minimum atomic E-state index is -4.37. The molecule has 0 spiro atoms. The summed E-state index contributed by atoms with van der Waals surface area (Å²) in [7, 11) is 0. The van der Waals surface area contributed by atoms with Gasteiger partial charge in [-0.25, -0.2) is 0 Å². The highest BCUT2D eigenvalue weighted by Gasteiger charge is 2.29. The molecular formula is C19H21F3N2O. The summed E-state index contributed by atoms with van der Waals surface area (Å²) in [6.45, 7) is 7.87. The Hall–Kier alpha value is -2.37. The number of hydrogen-bond donors (Lipinski definition) is 1. The molecule has 0 heterocycles. The van der Waals surface area contributed by atoms with Crippen molar-refractivity contribution in [3.05, 3.63) is 53.1 Å². The summed E-state index contributed by atoms with van der Waals surface area (Å²) >= 11 is 0. The molecule has 0 aromatic heterocycles. The molecule has 134 valence electrons. The molecule has 0 saturated heterocycles. The lowest BCUT2D eigenvalue weighted by Gasteiger charge is -2.15. The van der Waals surface area contributed by atoms with Gasteiger partial charge in [-0.2, -0.15) is 23.4 Å². The number of alkyl halides is 3. The summed E-state index contributed by atoms with van der Waals surface area (Å²) in [4.78, 5) is 0. The van der Waals surface area contributed by atoms with Gasteiger partial charge in [-0.1, -0.05) is 27.7 Å². The standard InChI is InChI=1S/C19H21F3N2O/c1-11(2)16-9-15(10-17(12(3)4)18(16)25)24-23-14-7-5-13(6-8-14)19(20,21)22/h5-12,25H,1-4H3. The average molecular weight is 350 g/mol. The minimum Gasteiger partial charge on any atom is -0.507 e. The van der Waals surface area contributed by atoms with Crippen LogP contribution in [0.15, 0.2) is 46.6 Å². The molecule has 0 unspecified atom stereocenters. The Labute approximate surface area is 145 Å². The van der Waals surface area contributed by atoms with E-state index in [4.69, 9.17) is 0 Å². The molecule has 0 atom stereocenters. The Balaban J connectivity index is 2.34. The molecule has 25 heavy (non-hydrogen) atoms. The second kappa shape index (κ2) is 7.25. The zero-order chi connectivity index (χ0) is 18.8. The zero-order valence-corrected chi connectivity index (χ0v) is 14.6. The van der Waals surface area contributed by atoms with Crippen LogP contribution in [0, 0.1) is 0 Å². The van der Waals surface area contributed by atoms with Crippen molar-refractivity contribution in [3.63, 3.8) is 0 Å². The first-order valence-electron chi connectivity index (χ1n) is 8.05. The molecule has 3 nitrogen and oxygen atoms in total. The second-order valence-corrected chi connectivity index (χ2v) is 6.53. The molecule has 0 aliphatic carbocycles. The lowest BCUT2D eigenvalue weighted by atomic mass is 9.93. The van der Waals surface area contributed by atoms with Crippen molar-refractivity contribution in [1.82, 2.24) is 0 Å². The predicted molar refractivity (Wildman–Crippen MR) is 91.9 cm³/mol. The minimum absolute atomic E-state index is 0.110. The fourth-order valence-electron chi connectivity index (χ4n) is 2.43. The van der Waals surface area contributed by atoms with Crippen LogP contribution in [0.25, 0.3) is 0 Å². The van der Waals surface area contributed by atoms with E-state index in [0.717, 1.165) is 23.3 Å². The molecule has 2 aromatic rings. The summed E-state index contributed by atoms with van der Waals surface area (Å²) in [5, 5.41) is 18.5. The van der Waals surface area contributed by atoms with E-state index in [1.165, 1.54) is 12.1 Å². The van der Waals surface area contributed by atoms with E-state index < -0.39 is 11.7 Å². The third-order valence-electron chi connectivity index (χ3n) is 3.87. The van der Waals surface area contributed by atoms with Crippen molar-refractivity contribution in [2.24, 2.45) is 10.2 Å². The lowest BCUT2D eigenvalue weighted by molar-refractivity contribution is -0.137. The van der Waals surface area contributed by atoms with Crippen LogP contribution in [-0.2, 0) is 6.18 Å². The fourth-order valence-corrected chi connectivity index (χ4v) is 2.43. The van der Waals surface area contributed by atoms with Crippen LogP contribution in [0.2, 0.25) is 0 Å². The maximum atomic E-state index is 12.6. The SMILES string of the molecule is CC(C)c1cc(N=Nc2ccc(C(F)(F)F)cc2)cc(C(C)C)c1O. The number of phenols is 1. The molecule has 2 aromatic carbocycles. The topological polar surface area (TPSA) is 45.0 Å². The number of benzene rings is 2. The van der Waals surface area contributed by atoms with Gasteiger partial charge in [0.1, 0.15) is 5.75 Å². The van der Waals surface area contributed by atoms with Crippen molar-refractivity contribution < 1.29 is 18.3 Å². The van der Waals surface area contributed by atoms with Gasteiger partial charge >= 0.3 is 6.18 Å². The molecule has 0 amide bonds. The van der Waals surface area contributed by atoms with E-state index in [1.54, 1.807) is 12.1 Å². The first-order valence-corrected chi connectivity index (χ1v) is 8.05. The van der Waals surface area contributed by atoms with Crippen LogP contribution in [0.5, 0.6) is 5.75 Å². The third-order valence-corrected chi connectivity index (χ3v) is 3.87. The summed E-state index contributed by atoms with van der Waals surface area (Å²) in [5.74, 6) is 0.482. The van der Waals surface area contributed by atoms with Crippen LogP contribution in [-0.4, -0.2) is 5.11 Å². The van der Waals surface area contributed by atoms with Gasteiger partial charge in [-0.05, 0) is 59.4 Å². The van der Waals surface area contributed by atoms with E-state index in [9.17, 15) is 18.3 Å². The normalized spacial score (nSPS) is 12.5. The maximum Gasteiger partial charge on any atom is 0.416 e. The van der Waals surface area contributed by atoms with Gasteiger partial charge in [0.05, 0.1) is 16.9 Å². The zero-order valence-electron chi connectivity index (χ0n) is 14.6.